The molecule has 3 aromatic rings. The normalized spacial score (nSPS) is 19.5. The highest BCUT2D eigenvalue weighted by Gasteiger charge is 2.52. The second-order valence-corrected chi connectivity index (χ2v) is 8.96. The van der Waals surface area contributed by atoms with Crippen LogP contribution < -0.4 is 0 Å². The van der Waals surface area contributed by atoms with Crippen molar-refractivity contribution in [2.45, 2.75) is 25.1 Å². The molecule has 0 amide bonds. The Balaban J connectivity index is 1.98. The fourth-order valence-electron chi connectivity index (χ4n) is 4.61. The minimum Gasteiger partial charge on any atom is -0.468 e. The molecule has 1 aliphatic rings. The van der Waals surface area contributed by atoms with E-state index < -0.39 is 34.8 Å². The molecule has 0 aliphatic carbocycles. The average molecular weight is 532 g/mol. The molecule has 2 unspecified atom stereocenters. The van der Waals surface area contributed by atoms with Crippen molar-refractivity contribution < 1.29 is 32.3 Å². The zero-order valence-corrected chi connectivity index (χ0v) is 19.4. The van der Waals surface area contributed by atoms with Gasteiger partial charge in [0.15, 0.2) is 11.2 Å². The smallest absolute Gasteiger partial charge is 0.454 e. The topological polar surface area (TPSA) is 65.4 Å². The van der Waals surface area contributed by atoms with E-state index in [9.17, 15) is 27.6 Å². The highest BCUT2D eigenvalue weighted by Crippen LogP contribution is 2.50. The third kappa shape index (κ3) is 3.72. The molecule has 34 heavy (non-hydrogen) atoms. The van der Waals surface area contributed by atoms with Crippen LogP contribution in [-0.4, -0.2) is 35.4 Å². The van der Waals surface area contributed by atoms with E-state index in [0.29, 0.717) is 21.1 Å². The lowest BCUT2D eigenvalue weighted by Gasteiger charge is -2.39. The molecule has 174 valence electrons. The Labute approximate surface area is 201 Å². The summed E-state index contributed by atoms with van der Waals surface area (Å²) in [5, 5.41) is 0.0550. The van der Waals surface area contributed by atoms with Crippen LogP contribution in [0.2, 0.25) is 0 Å². The number of ketones is 2. The second-order valence-electron chi connectivity index (χ2n) is 8.04. The summed E-state index contributed by atoms with van der Waals surface area (Å²) in [5.41, 5.74) is -1.15. The van der Waals surface area contributed by atoms with Gasteiger partial charge in [-0.05, 0) is 17.7 Å². The summed E-state index contributed by atoms with van der Waals surface area (Å²) in [5.74, 6) is -1.53. The Kier molecular flexibility index (Phi) is 5.90. The van der Waals surface area contributed by atoms with Gasteiger partial charge in [0, 0.05) is 34.0 Å². The Morgan fingerprint density at radius 3 is 2.50 bits per heavy atom. The SMILES string of the molecule is C#CC1(C(=O)OC)Cn2cc(C(=O)C(F)(F)F)c3cc(Br)cc(c32)C1CC(=O)c1ccccc1. The molecule has 0 fully saturated rings. The van der Waals surface area contributed by atoms with Gasteiger partial charge >= 0.3 is 12.1 Å². The first-order valence-corrected chi connectivity index (χ1v) is 10.9. The van der Waals surface area contributed by atoms with Gasteiger partial charge in [-0.25, -0.2) is 0 Å². The Morgan fingerprint density at radius 1 is 1.24 bits per heavy atom. The zero-order chi connectivity index (χ0) is 24.8. The summed E-state index contributed by atoms with van der Waals surface area (Å²) in [7, 11) is 1.15. The third-order valence-electron chi connectivity index (χ3n) is 6.15. The van der Waals surface area contributed by atoms with Gasteiger partial charge in [-0.3, -0.25) is 14.4 Å². The van der Waals surface area contributed by atoms with Crippen molar-refractivity contribution in [1.29, 1.82) is 0 Å². The highest BCUT2D eigenvalue weighted by molar-refractivity contribution is 9.10. The second kappa shape index (κ2) is 8.44. The number of halogens is 4. The first-order valence-electron chi connectivity index (χ1n) is 10.1. The van der Waals surface area contributed by atoms with Crippen molar-refractivity contribution in [2.24, 2.45) is 5.41 Å². The fraction of sp³-hybridized carbons (Fsp3) is 0.240. The van der Waals surface area contributed by atoms with Crippen molar-refractivity contribution in [3.05, 3.63) is 69.8 Å². The van der Waals surface area contributed by atoms with Gasteiger partial charge in [0.25, 0.3) is 5.78 Å². The van der Waals surface area contributed by atoms with Crippen LogP contribution in [0.15, 0.2) is 53.1 Å². The summed E-state index contributed by atoms with van der Waals surface area (Å²) in [6.45, 7) is -0.251. The number of alkyl halides is 3. The van der Waals surface area contributed by atoms with E-state index in [1.807, 2.05) is 0 Å². The summed E-state index contributed by atoms with van der Waals surface area (Å²) in [4.78, 5) is 38.3. The highest BCUT2D eigenvalue weighted by atomic mass is 79.9. The molecule has 5 nitrogen and oxygen atoms in total. The molecule has 0 bridgehead atoms. The fourth-order valence-corrected chi connectivity index (χ4v) is 5.09. The standard InChI is InChI=1S/C25H17BrF3NO4/c1-3-24(23(33)34-2)13-30-12-18(22(32)25(27,28)29)16-9-15(26)10-17(21(16)30)19(24)11-20(31)14-7-5-4-6-8-14/h1,4-10,12,19H,11,13H2,2H3. The predicted octanol–water partition coefficient (Wildman–Crippen LogP) is 5.31. The number of nitrogens with zero attached hydrogens (tertiary/aromatic N) is 1. The number of benzene rings is 2. The van der Waals surface area contributed by atoms with Crippen molar-refractivity contribution in [2.75, 3.05) is 7.11 Å². The van der Waals surface area contributed by atoms with E-state index in [1.54, 1.807) is 36.4 Å². The molecule has 0 spiro atoms. The quantitative estimate of drug-likeness (QED) is 0.254. The monoisotopic (exact) mass is 531 g/mol. The van der Waals surface area contributed by atoms with Gasteiger partial charge < -0.3 is 9.30 Å². The van der Waals surface area contributed by atoms with Gasteiger partial charge in [0.1, 0.15) is 0 Å². The van der Waals surface area contributed by atoms with E-state index in [4.69, 9.17) is 11.2 Å². The molecule has 2 heterocycles. The lowest BCUT2D eigenvalue weighted by Crippen LogP contribution is -2.44. The van der Waals surface area contributed by atoms with E-state index in [-0.39, 0.29) is 24.1 Å². The van der Waals surface area contributed by atoms with Crippen molar-refractivity contribution in [3.8, 4) is 12.3 Å². The number of Topliss-reactive ketones (excluding diaryl/α,β-unsaturated/α-hetero) is 2. The number of carbonyl (C=O) groups excluding carboxylic acids is 3. The van der Waals surface area contributed by atoms with Gasteiger partial charge in [-0.15, -0.1) is 6.42 Å². The summed E-state index contributed by atoms with van der Waals surface area (Å²) in [6.07, 6.45) is 1.62. The van der Waals surface area contributed by atoms with Gasteiger partial charge in [0.05, 0.1) is 24.7 Å². The van der Waals surface area contributed by atoms with E-state index in [1.165, 1.54) is 10.6 Å². The molecule has 1 aromatic heterocycles. The lowest BCUT2D eigenvalue weighted by atomic mass is 9.67. The molecule has 0 saturated carbocycles. The third-order valence-corrected chi connectivity index (χ3v) is 6.61. The molecule has 1 aliphatic heterocycles. The first kappa shape index (κ1) is 23.8. The molecule has 2 atom stereocenters. The number of hydrogen-bond donors (Lipinski definition) is 0. The molecule has 0 radical (unpaired) electrons. The predicted molar refractivity (Wildman–Crippen MR) is 121 cm³/mol. The molecular weight excluding hydrogens is 515 g/mol. The lowest BCUT2D eigenvalue weighted by molar-refractivity contribution is -0.151. The summed E-state index contributed by atoms with van der Waals surface area (Å²) < 4.78 is 46.7. The van der Waals surface area contributed by atoms with E-state index in [0.717, 1.165) is 13.3 Å². The maximum Gasteiger partial charge on any atom is 0.454 e. The Bertz CT molecular complexity index is 1370. The number of hydrogen-bond acceptors (Lipinski definition) is 4. The van der Waals surface area contributed by atoms with Gasteiger partial charge in [0.2, 0.25) is 0 Å². The number of terminal acetylenes is 1. The van der Waals surface area contributed by atoms with Gasteiger partial charge in [-0.1, -0.05) is 52.2 Å². The number of carbonyl (C=O) groups is 3. The maximum atomic E-state index is 13.3. The zero-order valence-electron chi connectivity index (χ0n) is 17.8. The van der Waals surface area contributed by atoms with Crippen molar-refractivity contribution in [3.63, 3.8) is 0 Å². The first-order chi connectivity index (χ1) is 16.0. The molecule has 2 aromatic carbocycles. The van der Waals surface area contributed by atoms with Gasteiger partial charge in [-0.2, -0.15) is 13.2 Å². The van der Waals surface area contributed by atoms with Crippen LogP contribution in [0.5, 0.6) is 0 Å². The van der Waals surface area contributed by atoms with Crippen LogP contribution in [0.3, 0.4) is 0 Å². The van der Waals surface area contributed by atoms with Crippen LogP contribution in [0.25, 0.3) is 10.9 Å². The van der Waals surface area contributed by atoms with Crippen LogP contribution in [0.1, 0.15) is 38.6 Å². The summed E-state index contributed by atoms with van der Waals surface area (Å²) >= 11 is 3.29. The Morgan fingerprint density at radius 2 is 1.91 bits per heavy atom. The maximum absolute atomic E-state index is 13.3. The molecular formula is C25H17BrF3NO4. The largest absolute Gasteiger partial charge is 0.468 e. The van der Waals surface area contributed by atoms with Crippen molar-refractivity contribution in [1.82, 2.24) is 4.57 Å². The average Bonchev–Trinajstić information content (AvgIpc) is 3.17. The minimum atomic E-state index is -5.09. The van der Waals surface area contributed by atoms with Crippen LogP contribution in [0, 0.1) is 17.8 Å². The summed E-state index contributed by atoms with van der Waals surface area (Å²) in [6, 6.07) is 11.4. The molecule has 0 saturated heterocycles. The Hall–Kier alpha value is -3.38. The van der Waals surface area contributed by atoms with Crippen LogP contribution in [0.4, 0.5) is 13.2 Å². The molecule has 4 rings (SSSR count). The number of rotatable bonds is 5. The van der Waals surface area contributed by atoms with Crippen molar-refractivity contribution >= 4 is 44.4 Å². The number of aromatic nitrogens is 1. The van der Waals surface area contributed by atoms with E-state index >= 15 is 0 Å². The van der Waals surface area contributed by atoms with Crippen LogP contribution >= 0.6 is 15.9 Å². The molecule has 0 N–H and O–H groups in total. The number of esters is 1. The van der Waals surface area contributed by atoms with E-state index in [2.05, 4.69) is 21.9 Å². The molecule has 9 heteroatoms. The number of ether oxygens (including phenoxy) is 1. The number of methoxy groups -OCH3 is 1. The minimum absolute atomic E-state index is 0.0550. The van der Waals surface area contributed by atoms with Crippen LogP contribution in [-0.2, 0) is 16.1 Å².